The first kappa shape index (κ1) is 17.4. The predicted molar refractivity (Wildman–Crippen MR) is 98.8 cm³/mol. The van der Waals surface area contributed by atoms with Crippen LogP contribution in [0.15, 0.2) is 22.7 Å². The van der Waals surface area contributed by atoms with Gasteiger partial charge in [0.15, 0.2) is 0 Å². The lowest BCUT2D eigenvalue weighted by Crippen LogP contribution is -2.44. The van der Waals surface area contributed by atoms with Crippen molar-refractivity contribution < 1.29 is 9.63 Å². The average Bonchev–Trinajstić information content (AvgIpc) is 3.16. The van der Waals surface area contributed by atoms with Crippen LogP contribution in [-0.2, 0) is 5.60 Å². The molecular weight excluding hydrogens is 330 g/mol. The third kappa shape index (κ3) is 3.46. The molecule has 0 bridgehead atoms. The Kier molecular flexibility index (Phi) is 4.67. The maximum Gasteiger partial charge on any atom is 0.258 e. The molecule has 7 heteroatoms. The lowest BCUT2D eigenvalue weighted by molar-refractivity contribution is -0.0384. The fourth-order valence-corrected chi connectivity index (χ4v) is 3.73. The molecule has 140 valence electrons. The van der Waals surface area contributed by atoms with Crippen molar-refractivity contribution in [3.05, 3.63) is 24.1 Å². The van der Waals surface area contributed by atoms with E-state index in [-0.39, 0.29) is 0 Å². The normalized spacial score (nSPS) is 27.7. The van der Waals surface area contributed by atoms with Gasteiger partial charge in [0.05, 0.1) is 0 Å². The van der Waals surface area contributed by atoms with E-state index >= 15 is 0 Å². The van der Waals surface area contributed by atoms with Crippen molar-refractivity contribution in [2.45, 2.75) is 38.2 Å². The fourth-order valence-electron chi connectivity index (χ4n) is 3.73. The SMILES string of the molecule is CC1CCC(O)(c2nc(-c3cccc(N4CCN(C)CC4)n3)no2)CC1. The minimum absolute atomic E-state index is 0.325. The lowest BCUT2D eigenvalue weighted by Gasteiger charge is -2.33. The fraction of sp³-hybridized carbons (Fsp3) is 0.632. The minimum atomic E-state index is -0.993. The van der Waals surface area contributed by atoms with Crippen molar-refractivity contribution in [2.24, 2.45) is 5.92 Å². The molecule has 0 radical (unpaired) electrons. The second-order valence-electron chi connectivity index (χ2n) is 7.81. The molecule has 1 aliphatic heterocycles. The number of nitrogens with zero attached hydrogens (tertiary/aromatic N) is 5. The Morgan fingerprint density at radius 2 is 1.85 bits per heavy atom. The Bertz CT molecular complexity index is 746. The Morgan fingerprint density at radius 3 is 2.58 bits per heavy atom. The Balaban J connectivity index is 1.53. The number of aromatic nitrogens is 3. The van der Waals surface area contributed by atoms with Gasteiger partial charge in [0.25, 0.3) is 5.89 Å². The van der Waals surface area contributed by atoms with Gasteiger partial charge in [0.1, 0.15) is 17.1 Å². The van der Waals surface area contributed by atoms with E-state index in [0.29, 0.717) is 36.2 Å². The summed E-state index contributed by atoms with van der Waals surface area (Å²) in [5.41, 5.74) is -0.309. The van der Waals surface area contributed by atoms with Crippen LogP contribution in [-0.4, -0.2) is 58.4 Å². The largest absolute Gasteiger partial charge is 0.380 e. The molecule has 2 aromatic rings. The molecule has 0 aromatic carbocycles. The quantitative estimate of drug-likeness (QED) is 0.903. The lowest BCUT2D eigenvalue weighted by atomic mass is 9.79. The summed E-state index contributed by atoms with van der Waals surface area (Å²) in [7, 11) is 2.14. The van der Waals surface area contributed by atoms with Crippen molar-refractivity contribution >= 4 is 5.82 Å². The maximum absolute atomic E-state index is 10.9. The highest BCUT2D eigenvalue weighted by Crippen LogP contribution is 2.39. The van der Waals surface area contributed by atoms with Gasteiger partial charge in [-0.15, -0.1) is 0 Å². The van der Waals surface area contributed by atoms with Crippen LogP contribution in [0, 0.1) is 5.92 Å². The van der Waals surface area contributed by atoms with E-state index in [1.54, 1.807) is 0 Å². The zero-order valence-corrected chi connectivity index (χ0v) is 15.6. The molecule has 0 spiro atoms. The predicted octanol–water partition coefficient (Wildman–Crippen LogP) is 2.28. The topological polar surface area (TPSA) is 78.5 Å². The molecule has 26 heavy (non-hydrogen) atoms. The van der Waals surface area contributed by atoms with Gasteiger partial charge in [0, 0.05) is 26.2 Å². The smallest absolute Gasteiger partial charge is 0.258 e. The standard InChI is InChI=1S/C19H27N5O2/c1-14-6-8-19(25,9-7-14)18-21-17(22-26-18)15-4-3-5-16(20-15)24-12-10-23(2)11-13-24/h3-5,14,25H,6-13H2,1-2H3. The van der Waals surface area contributed by atoms with Gasteiger partial charge in [-0.2, -0.15) is 4.98 Å². The van der Waals surface area contributed by atoms with Crippen LogP contribution in [0.3, 0.4) is 0 Å². The summed E-state index contributed by atoms with van der Waals surface area (Å²) in [6.45, 7) is 6.20. The van der Waals surface area contributed by atoms with Crippen molar-refractivity contribution in [3.63, 3.8) is 0 Å². The molecule has 1 saturated carbocycles. The molecule has 7 nitrogen and oxygen atoms in total. The van der Waals surface area contributed by atoms with E-state index in [4.69, 9.17) is 9.51 Å². The monoisotopic (exact) mass is 357 g/mol. The van der Waals surface area contributed by atoms with Crippen LogP contribution >= 0.6 is 0 Å². The number of likely N-dealkylation sites (N-methyl/N-ethyl adjacent to an activating group) is 1. The number of aliphatic hydroxyl groups is 1. The molecule has 2 aliphatic rings. The Morgan fingerprint density at radius 1 is 1.12 bits per heavy atom. The van der Waals surface area contributed by atoms with Crippen LogP contribution in [0.4, 0.5) is 5.82 Å². The van der Waals surface area contributed by atoms with Crippen molar-refractivity contribution in [2.75, 3.05) is 38.1 Å². The Labute approximate surface area is 154 Å². The summed E-state index contributed by atoms with van der Waals surface area (Å²) >= 11 is 0. The van der Waals surface area contributed by atoms with Crippen LogP contribution in [0.25, 0.3) is 11.5 Å². The number of pyridine rings is 1. The second kappa shape index (κ2) is 6.96. The number of hydrogen-bond acceptors (Lipinski definition) is 7. The van der Waals surface area contributed by atoms with E-state index in [1.165, 1.54) is 0 Å². The molecular formula is C19H27N5O2. The second-order valence-corrected chi connectivity index (χ2v) is 7.81. The Hall–Kier alpha value is -1.99. The molecule has 1 N–H and O–H groups in total. The van der Waals surface area contributed by atoms with Crippen LogP contribution < -0.4 is 4.90 Å². The van der Waals surface area contributed by atoms with E-state index in [1.807, 2.05) is 18.2 Å². The highest BCUT2D eigenvalue weighted by molar-refractivity contribution is 5.53. The number of hydrogen-bond donors (Lipinski definition) is 1. The van der Waals surface area contributed by atoms with Crippen LogP contribution in [0.1, 0.15) is 38.5 Å². The van der Waals surface area contributed by atoms with E-state index in [0.717, 1.165) is 44.8 Å². The molecule has 2 fully saturated rings. The molecule has 3 heterocycles. The molecule has 0 unspecified atom stereocenters. The average molecular weight is 357 g/mol. The maximum atomic E-state index is 10.9. The third-order valence-corrected chi connectivity index (χ3v) is 5.72. The summed E-state index contributed by atoms with van der Waals surface area (Å²) < 4.78 is 5.42. The highest BCUT2D eigenvalue weighted by Gasteiger charge is 2.39. The number of piperazine rings is 1. The summed E-state index contributed by atoms with van der Waals surface area (Å²) in [6, 6.07) is 5.89. The van der Waals surface area contributed by atoms with Gasteiger partial charge in [-0.25, -0.2) is 4.98 Å². The minimum Gasteiger partial charge on any atom is -0.380 e. The van der Waals surface area contributed by atoms with Gasteiger partial charge in [0.2, 0.25) is 5.82 Å². The number of rotatable bonds is 3. The number of anilines is 1. The zero-order chi connectivity index (χ0) is 18.1. The van der Waals surface area contributed by atoms with Gasteiger partial charge in [-0.05, 0) is 50.8 Å². The van der Waals surface area contributed by atoms with Crippen molar-refractivity contribution in [1.82, 2.24) is 20.0 Å². The molecule has 4 rings (SSSR count). The summed E-state index contributed by atoms with van der Waals surface area (Å²) in [4.78, 5) is 13.8. The zero-order valence-electron chi connectivity index (χ0n) is 15.6. The first-order chi connectivity index (χ1) is 12.5. The van der Waals surface area contributed by atoms with Crippen molar-refractivity contribution in [1.29, 1.82) is 0 Å². The van der Waals surface area contributed by atoms with Gasteiger partial charge in [-0.1, -0.05) is 18.1 Å². The molecule has 2 aromatic heterocycles. The van der Waals surface area contributed by atoms with E-state index < -0.39 is 5.60 Å². The van der Waals surface area contributed by atoms with Gasteiger partial charge >= 0.3 is 0 Å². The molecule has 0 amide bonds. The van der Waals surface area contributed by atoms with Crippen LogP contribution in [0.5, 0.6) is 0 Å². The summed E-state index contributed by atoms with van der Waals surface area (Å²) in [5.74, 6) is 2.35. The molecule has 1 saturated heterocycles. The van der Waals surface area contributed by atoms with E-state index in [2.05, 4.69) is 33.9 Å². The highest BCUT2D eigenvalue weighted by atomic mass is 16.5. The summed E-state index contributed by atoms with van der Waals surface area (Å²) in [6.07, 6.45) is 3.30. The first-order valence-corrected chi connectivity index (χ1v) is 9.51. The first-order valence-electron chi connectivity index (χ1n) is 9.51. The van der Waals surface area contributed by atoms with Crippen molar-refractivity contribution in [3.8, 4) is 11.5 Å². The van der Waals surface area contributed by atoms with Gasteiger partial charge in [-0.3, -0.25) is 0 Å². The molecule has 1 aliphatic carbocycles. The third-order valence-electron chi connectivity index (χ3n) is 5.72. The van der Waals surface area contributed by atoms with E-state index in [9.17, 15) is 5.11 Å². The summed E-state index contributed by atoms with van der Waals surface area (Å²) in [5, 5.41) is 15.0. The van der Waals surface area contributed by atoms with Crippen LogP contribution in [0.2, 0.25) is 0 Å². The molecule has 0 atom stereocenters. The van der Waals surface area contributed by atoms with Gasteiger partial charge < -0.3 is 19.4 Å².